The van der Waals surface area contributed by atoms with Crippen LogP contribution >= 0.6 is 34.8 Å². The highest BCUT2D eigenvalue weighted by Gasteiger charge is 2.27. The first-order valence-electron chi connectivity index (χ1n) is 8.35. The van der Waals surface area contributed by atoms with E-state index >= 15 is 0 Å². The van der Waals surface area contributed by atoms with Crippen LogP contribution in [-0.2, 0) is 14.8 Å². The van der Waals surface area contributed by atoms with Gasteiger partial charge in [-0.15, -0.1) is 0 Å². The summed E-state index contributed by atoms with van der Waals surface area (Å²) >= 11 is 17.9. The standard InChI is InChI=1S/C20H15Cl3N2O3S/c21-14-6-8-17(9-7-14)24-20(26)13-25(18-11-15(22)10-16(23)12-18)29(27,28)19-4-2-1-3-5-19/h1-12H,13H2,(H,24,26). The molecule has 3 aromatic rings. The van der Waals surface area contributed by atoms with Crippen LogP contribution < -0.4 is 9.62 Å². The Morgan fingerprint density at radius 1 is 0.828 bits per heavy atom. The van der Waals surface area contributed by atoms with Gasteiger partial charge in [0, 0.05) is 20.8 Å². The maximum Gasteiger partial charge on any atom is 0.264 e. The molecule has 0 fully saturated rings. The van der Waals surface area contributed by atoms with Crippen LogP contribution in [0.1, 0.15) is 0 Å². The van der Waals surface area contributed by atoms with Crippen molar-refractivity contribution >= 4 is 62.1 Å². The van der Waals surface area contributed by atoms with Crippen molar-refractivity contribution in [1.82, 2.24) is 0 Å². The SMILES string of the molecule is O=C(CN(c1cc(Cl)cc(Cl)c1)S(=O)(=O)c1ccccc1)Nc1ccc(Cl)cc1. The summed E-state index contributed by atoms with van der Waals surface area (Å²) in [6, 6.07) is 18.6. The fourth-order valence-corrected chi connectivity index (χ4v) is 4.65. The third-order valence-electron chi connectivity index (χ3n) is 3.88. The minimum absolute atomic E-state index is 0.0374. The lowest BCUT2D eigenvalue weighted by Gasteiger charge is -2.24. The zero-order chi connectivity index (χ0) is 21.0. The fourth-order valence-electron chi connectivity index (χ4n) is 2.58. The molecule has 1 N–H and O–H groups in total. The molecule has 0 aromatic heterocycles. The number of nitrogens with one attached hydrogen (secondary N) is 1. The van der Waals surface area contributed by atoms with Gasteiger partial charge in [-0.1, -0.05) is 53.0 Å². The Labute approximate surface area is 183 Å². The quantitative estimate of drug-likeness (QED) is 0.520. The van der Waals surface area contributed by atoms with Crippen molar-refractivity contribution in [3.8, 4) is 0 Å². The topological polar surface area (TPSA) is 66.5 Å². The van der Waals surface area contributed by atoms with E-state index in [9.17, 15) is 13.2 Å². The lowest BCUT2D eigenvalue weighted by atomic mass is 10.3. The Morgan fingerprint density at radius 3 is 2.00 bits per heavy atom. The Bertz CT molecular complexity index is 1100. The molecular formula is C20H15Cl3N2O3S. The van der Waals surface area contributed by atoms with Gasteiger partial charge in [0.25, 0.3) is 10.0 Å². The summed E-state index contributed by atoms with van der Waals surface area (Å²) in [5.41, 5.74) is 0.665. The molecule has 3 rings (SSSR count). The largest absolute Gasteiger partial charge is 0.325 e. The van der Waals surface area contributed by atoms with Crippen LogP contribution in [-0.4, -0.2) is 20.9 Å². The van der Waals surface area contributed by atoms with Crippen molar-refractivity contribution in [2.75, 3.05) is 16.2 Å². The first-order chi connectivity index (χ1) is 13.8. The van der Waals surface area contributed by atoms with E-state index in [2.05, 4.69) is 5.32 Å². The molecule has 0 radical (unpaired) electrons. The summed E-state index contributed by atoms with van der Waals surface area (Å²) in [4.78, 5) is 12.7. The maximum atomic E-state index is 13.2. The Hall–Kier alpha value is -2.25. The number of hydrogen-bond donors (Lipinski definition) is 1. The molecular weight excluding hydrogens is 455 g/mol. The molecule has 0 bridgehead atoms. The van der Waals surface area contributed by atoms with Crippen LogP contribution in [0.4, 0.5) is 11.4 Å². The van der Waals surface area contributed by atoms with E-state index in [1.807, 2.05) is 0 Å². The van der Waals surface area contributed by atoms with Gasteiger partial charge < -0.3 is 5.32 Å². The highest BCUT2D eigenvalue weighted by molar-refractivity contribution is 7.92. The van der Waals surface area contributed by atoms with Crippen molar-refractivity contribution in [2.24, 2.45) is 0 Å². The van der Waals surface area contributed by atoms with Gasteiger partial charge >= 0.3 is 0 Å². The average molecular weight is 470 g/mol. The molecule has 150 valence electrons. The van der Waals surface area contributed by atoms with Gasteiger partial charge in [-0.3, -0.25) is 9.10 Å². The number of carbonyl (C=O) groups is 1. The summed E-state index contributed by atoms with van der Waals surface area (Å²) in [5.74, 6) is -0.539. The monoisotopic (exact) mass is 468 g/mol. The van der Waals surface area contributed by atoms with Gasteiger partial charge in [-0.2, -0.15) is 0 Å². The second-order valence-electron chi connectivity index (χ2n) is 6.01. The van der Waals surface area contributed by atoms with Gasteiger partial charge in [0.05, 0.1) is 10.6 Å². The highest BCUT2D eigenvalue weighted by atomic mass is 35.5. The molecule has 0 atom stereocenters. The number of benzene rings is 3. The number of anilines is 2. The van der Waals surface area contributed by atoms with Crippen molar-refractivity contribution < 1.29 is 13.2 Å². The van der Waals surface area contributed by atoms with Gasteiger partial charge in [0.15, 0.2) is 0 Å². The summed E-state index contributed by atoms with van der Waals surface area (Å²) in [7, 11) is -4.05. The van der Waals surface area contributed by atoms with E-state index in [0.717, 1.165) is 4.31 Å². The zero-order valence-corrected chi connectivity index (χ0v) is 17.9. The number of rotatable bonds is 6. The van der Waals surface area contributed by atoms with E-state index in [0.29, 0.717) is 10.7 Å². The Balaban J connectivity index is 1.96. The summed E-state index contributed by atoms with van der Waals surface area (Å²) in [6.07, 6.45) is 0. The number of halogens is 3. The number of carbonyl (C=O) groups excluding carboxylic acids is 1. The van der Waals surface area contributed by atoms with E-state index in [1.165, 1.54) is 30.3 Å². The molecule has 9 heteroatoms. The summed E-state index contributed by atoms with van der Waals surface area (Å²) in [5, 5.41) is 3.67. The molecule has 0 saturated heterocycles. The van der Waals surface area contributed by atoms with Crippen LogP contribution in [0.3, 0.4) is 0 Å². The number of amides is 1. The van der Waals surface area contributed by atoms with Gasteiger partial charge in [0.1, 0.15) is 6.54 Å². The molecule has 0 heterocycles. The number of sulfonamides is 1. The third kappa shape index (κ3) is 5.42. The third-order valence-corrected chi connectivity index (χ3v) is 6.36. The Kier molecular flexibility index (Phi) is 6.70. The average Bonchev–Trinajstić information content (AvgIpc) is 2.68. The first-order valence-corrected chi connectivity index (χ1v) is 10.9. The molecule has 29 heavy (non-hydrogen) atoms. The van der Waals surface area contributed by atoms with Gasteiger partial charge in [-0.05, 0) is 54.6 Å². The second kappa shape index (κ2) is 9.05. The van der Waals surface area contributed by atoms with Crippen molar-refractivity contribution in [3.63, 3.8) is 0 Å². The minimum atomic E-state index is -4.05. The van der Waals surface area contributed by atoms with Crippen molar-refractivity contribution in [3.05, 3.63) is 87.9 Å². The van der Waals surface area contributed by atoms with Crippen LogP contribution in [0.2, 0.25) is 15.1 Å². The molecule has 0 aliphatic heterocycles. The van der Waals surface area contributed by atoms with Gasteiger partial charge in [0.2, 0.25) is 5.91 Å². The van der Waals surface area contributed by atoms with Crippen molar-refractivity contribution in [2.45, 2.75) is 4.90 Å². The van der Waals surface area contributed by atoms with Crippen LogP contribution in [0, 0.1) is 0 Å². The molecule has 0 spiro atoms. The Morgan fingerprint density at radius 2 is 1.41 bits per heavy atom. The molecule has 0 aliphatic carbocycles. The number of hydrogen-bond acceptors (Lipinski definition) is 3. The second-order valence-corrected chi connectivity index (χ2v) is 9.18. The lowest BCUT2D eigenvalue weighted by Crippen LogP contribution is -2.38. The molecule has 0 saturated carbocycles. The van der Waals surface area contributed by atoms with Crippen LogP contribution in [0.5, 0.6) is 0 Å². The van der Waals surface area contributed by atoms with Gasteiger partial charge in [-0.25, -0.2) is 8.42 Å². The normalized spacial score (nSPS) is 11.1. The predicted molar refractivity (Wildman–Crippen MR) is 118 cm³/mol. The smallest absolute Gasteiger partial charge is 0.264 e. The van der Waals surface area contributed by atoms with Crippen molar-refractivity contribution in [1.29, 1.82) is 0 Å². The molecule has 1 amide bonds. The summed E-state index contributed by atoms with van der Waals surface area (Å²) in [6.45, 7) is -0.476. The minimum Gasteiger partial charge on any atom is -0.325 e. The van der Waals surface area contributed by atoms with Crippen LogP contribution in [0.25, 0.3) is 0 Å². The predicted octanol–water partition coefficient (Wildman–Crippen LogP) is 5.48. The fraction of sp³-hybridized carbons (Fsp3) is 0.0500. The van der Waals surface area contributed by atoms with E-state index in [-0.39, 0.29) is 20.6 Å². The summed E-state index contributed by atoms with van der Waals surface area (Å²) < 4.78 is 27.4. The molecule has 3 aromatic carbocycles. The van der Waals surface area contributed by atoms with E-state index < -0.39 is 22.5 Å². The molecule has 0 unspecified atom stereocenters. The van der Waals surface area contributed by atoms with Crippen LogP contribution in [0.15, 0.2) is 77.7 Å². The first kappa shape index (κ1) is 21.5. The zero-order valence-electron chi connectivity index (χ0n) is 14.8. The van der Waals surface area contributed by atoms with E-state index in [1.54, 1.807) is 42.5 Å². The van der Waals surface area contributed by atoms with E-state index in [4.69, 9.17) is 34.8 Å². The lowest BCUT2D eigenvalue weighted by molar-refractivity contribution is -0.114. The molecule has 0 aliphatic rings. The highest BCUT2D eigenvalue weighted by Crippen LogP contribution is 2.29. The number of nitrogens with zero attached hydrogens (tertiary/aromatic N) is 1. The molecule has 5 nitrogen and oxygen atoms in total. The maximum absolute atomic E-state index is 13.2.